The molecule has 5 heteroatoms. The lowest BCUT2D eigenvalue weighted by Crippen LogP contribution is -3.00. The Kier molecular flexibility index (Phi) is 6.12. The topological polar surface area (TPSA) is 38.8 Å². The van der Waals surface area contributed by atoms with E-state index < -0.39 is 0 Å². The minimum Gasteiger partial charge on any atom is -1.00 e. The zero-order valence-corrected chi connectivity index (χ0v) is 12.1. The zero-order chi connectivity index (χ0) is 13.0. The van der Waals surface area contributed by atoms with Crippen LogP contribution in [0.4, 0.5) is 0 Å². The molecule has 0 aliphatic carbocycles. The fraction of sp³-hybridized carbons (Fsp3) is 0.500. The number of rotatable bonds is 4. The molecule has 2 rings (SSSR count). The molecule has 0 fully saturated rings. The van der Waals surface area contributed by atoms with Crippen LogP contribution in [0.2, 0.25) is 0 Å². The van der Waals surface area contributed by atoms with Crippen molar-refractivity contribution >= 4 is 5.78 Å². The number of halogens is 1. The lowest BCUT2D eigenvalue weighted by Gasteiger charge is -2.10. The molecule has 0 aromatic heterocycles. The molecule has 4 nitrogen and oxygen atoms in total. The fourth-order valence-electron chi connectivity index (χ4n) is 1.81. The van der Waals surface area contributed by atoms with Gasteiger partial charge in [0, 0.05) is 24.9 Å². The van der Waals surface area contributed by atoms with Gasteiger partial charge in [0.2, 0.25) is 0 Å². The molecule has 0 unspecified atom stereocenters. The van der Waals surface area contributed by atoms with Gasteiger partial charge in [-0.3, -0.25) is 4.79 Å². The van der Waals surface area contributed by atoms with Crippen LogP contribution in [0.15, 0.2) is 18.2 Å². The minimum absolute atomic E-state index is 0. The summed E-state index contributed by atoms with van der Waals surface area (Å²) in [5, 5.41) is 0. The van der Waals surface area contributed by atoms with Gasteiger partial charge in [-0.05, 0) is 32.3 Å². The molecule has 0 bridgehead atoms. The summed E-state index contributed by atoms with van der Waals surface area (Å²) in [5.74, 6) is 1.55. The molecule has 0 saturated heterocycles. The summed E-state index contributed by atoms with van der Waals surface area (Å²) in [7, 11) is 3.92. The molecular formula is C14H19ClNO3-. The van der Waals surface area contributed by atoms with Gasteiger partial charge in [-0.2, -0.15) is 0 Å². The van der Waals surface area contributed by atoms with Gasteiger partial charge in [0.15, 0.2) is 17.3 Å². The number of fused-ring (bicyclic) bond motifs is 1. The van der Waals surface area contributed by atoms with Gasteiger partial charge in [0.05, 0.1) is 13.2 Å². The van der Waals surface area contributed by atoms with Crippen LogP contribution < -0.4 is 21.9 Å². The zero-order valence-electron chi connectivity index (χ0n) is 11.3. The maximum absolute atomic E-state index is 12.0. The molecule has 19 heavy (non-hydrogen) atoms. The molecular weight excluding hydrogens is 266 g/mol. The largest absolute Gasteiger partial charge is 1.00 e. The molecule has 0 radical (unpaired) electrons. The Labute approximate surface area is 120 Å². The first-order chi connectivity index (χ1) is 8.66. The molecule has 0 amide bonds. The summed E-state index contributed by atoms with van der Waals surface area (Å²) in [6.07, 6.45) is 1.39. The average Bonchev–Trinajstić information content (AvgIpc) is 2.60. The molecule has 1 aromatic carbocycles. The number of carbonyl (C=O) groups excluding carboxylic acids is 1. The number of hydrogen-bond acceptors (Lipinski definition) is 4. The molecule has 0 saturated carbocycles. The van der Waals surface area contributed by atoms with E-state index in [4.69, 9.17) is 9.47 Å². The van der Waals surface area contributed by atoms with Crippen LogP contribution in [-0.2, 0) is 0 Å². The lowest BCUT2D eigenvalue weighted by atomic mass is 10.1. The van der Waals surface area contributed by atoms with Crippen molar-refractivity contribution in [2.75, 3.05) is 33.9 Å². The van der Waals surface area contributed by atoms with Crippen LogP contribution in [0.1, 0.15) is 23.2 Å². The quantitative estimate of drug-likeness (QED) is 0.664. The predicted molar refractivity (Wildman–Crippen MR) is 69.6 cm³/mol. The maximum Gasteiger partial charge on any atom is 0.164 e. The number of ether oxygens (including phenoxy) is 2. The van der Waals surface area contributed by atoms with Gasteiger partial charge in [-0.15, -0.1) is 0 Å². The average molecular weight is 285 g/mol. The number of benzene rings is 1. The molecule has 1 aliphatic rings. The van der Waals surface area contributed by atoms with Crippen molar-refractivity contribution in [3.05, 3.63) is 23.8 Å². The lowest BCUT2D eigenvalue weighted by molar-refractivity contribution is -0.0000125. The molecule has 0 N–H and O–H groups in total. The van der Waals surface area contributed by atoms with Crippen molar-refractivity contribution in [2.45, 2.75) is 12.8 Å². The van der Waals surface area contributed by atoms with E-state index in [-0.39, 0.29) is 18.2 Å². The van der Waals surface area contributed by atoms with Gasteiger partial charge >= 0.3 is 0 Å². The first-order valence-corrected chi connectivity index (χ1v) is 6.24. The summed E-state index contributed by atoms with van der Waals surface area (Å²) in [4.78, 5) is 14.0. The number of Topliss-reactive ketones (excluding diaryl/α,β-unsaturated/α-hetero) is 1. The Morgan fingerprint density at radius 3 is 2.58 bits per heavy atom. The Morgan fingerprint density at radius 2 is 1.89 bits per heavy atom. The van der Waals surface area contributed by atoms with Crippen LogP contribution in [0.5, 0.6) is 11.5 Å². The summed E-state index contributed by atoms with van der Waals surface area (Å²) >= 11 is 0. The first kappa shape index (κ1) is 15.8. The normalized spacial score (nSPS) is 13.6. The van der Waals surface area contributed by atoms with Gasteiger partial charge in [0.1, 0.15) is 0 Å². The summed E-state index contributed by atoms with van der Waals surface area (Å²) in [6, 6.07) is 5.42. The molecule has 0 atom stereocenters. The van der Waals surface area contributed by atoms with Gasteiger partial charge in [-0.1, -0.05) is 0 Å². The summed E-state index contributed by atoms with van der Waals surface area (Å²) < 4.78 is 11.1. The second-order valence-corrected chi connectivity index (χ2v) is 4.69. The SMILES string of the molecule is CN(C)CCC(=O)c1ccc2c(c1)OCCCO2.[Cl-]. The molecule has 106 valence electrons. The van der Waals surface area contributed by atoms with E-state index >= 15 is 0 Å². The van der Waals surface area contributed by atoms with Gasteiger partial charge < -0.3 is 26.8 Å². The molecule has 1 heterocycles. The van der Waals surface area contributed by atoms with E-state index in [1.807, 2.05) is 31.1 Å². The van der Waals surface area contributed by atoms with E-state index in [9.17, 15) is 4.79 Å². The minimum atomic E-state index is 0. The Balaban J connectivity index is 0.00000180. The van der Waals surface area contributed by atoms with Crippen LogP contribution in [0.25, 0.3) is 0 Å². The van der Waals surface area contributed by atoms with Crippen molar-refractivity contribution in [3.63, 3.8) is 0 Å². The number of ketones is 1. The second kappa shape index (κ2) is 7.36. The maximum atomic E-state index is 12.0. The van der Waals surface area contributed by atoms with E-state index in [2.05, 4.69) is 0 Å². The van der Waals surface area contributed by atoms with E-state index in [0.29, 0.717) is 30.9 Å². The summed E-state index contributed by atoms with van der Waals surface area (Å²) in [6.45, 7) is 2.07. The van der Waals surface area contributed by atoms with Crippen molar-refractivity contribution < 1.29 is 26.7 Å². The highest BCUT2D eigenvalue weighted by Crippen LogP contribution is 2.30. The van der Waals surface area contributed by atoms with Crippen molar-refractivity contribution in [1.82, 2.24) is 4.90 Å². The van der Waals surface area contributed by atoms with Gasteiger partial charge in [-0.25, -0.2) is 0 Å². The predicted octanol–water partition coefficient (Wildman–Crippen LogP) is -1.01. The molecule has 1 aromatic rings. The smallest absolute Gasteiger partial charge is 0.164 e. The Morgan fingerprint density at radius 1 is 1.21 bits per heavy atom. The highest BCUT2D eigenvalue weighted by molar-refractivity contribution is 5.96. The third-order valence-corrected chi connectivity index (χ3v) is 2.86. The monoisotopic (exact) mass is 284 g/mol. The third kappa shape index (κ3) is 4.40. The number of nitrogens with zero attached hydrogens (tertiary/aromatic N) is 1. The standard InChI is InChI=1S/C14H19NO3.ClH/c1-15(2)7-6-12(16)11-4-5-13-14(10-11)18-9-3-8-17-13;/h4-5,10H,3,6-9H2,1-2H3;1H/p-1. The van der Waals surface area contributed by atoms with E-state index in [1.54, 1.807) is 6.07 Å². The number of carbonyl (C=O) groups is 1. The van der Waals surface area contributed by atoms with Crippen LogP contribution in [0, 0.1) is 0 Å². The Bertz CT molecular complexity index is 435. The first-order valence-electron chi connectivity index (χ1n) is 6.24. The van der Waals surface area contributed by atoms with Crippen LogP contribution in [-0.4, -0.2) is 44.5 Å². The van der Waals surface area contributed by atoms with E-state index in [0.717, 1.165) is 18.7 Å². The Hall–Kier alpha value is -1.26. The fourth-order valence-corrected chi connectivity index (χ4v) is 1.81. The van der Waals surface area contributed by atoms with Crippen molar-refractivity contribution in [1.29, 1.82) is 0 Å². The van der Waals surface area contributed by atoms with Crippen molar-refractivity contribution in [2.24, 2.45) is 0 Å². The molecule has 1 aliphatic heterocycles. The van der Waals surface area contributed by atoms with E-state index in [1.165, 1.54) is 0 Å². The highest BCUT2D eigenvalue weighted by atomic mass is 35.5. The third-order valence-electron chi connectivity index (χ3n) is 2.86. The molecule has 0 spiro atoms. The highest BCUT2D eigenvalue weighted by Gasteiger charge is 2.14. The van der Waals surface area contributed by atoms with Crippen molar-refractivity contribution in [3.8, 4) is 11.5 Å². The van der Waals surface area contributed by atoms with Crippen LogP contribution >= 0.6 is 0 Å². The summed E-state index contributed by atoms with van der Waals surface area (Å²) in [5.41, 5.74) is 0.695. The van der Waals surface area contributed by atoms with Crippen LogP contribution in [0.3, 0.4) is 0 Å². The van der Waals surface area contributed by atoms with Gasteiger partial charge in [0.25, 0.3) is 0 Å². The second-order valence-electron chi connectivity index (χ2n) is 4.69. The number of hydrogen-bond donors (Lipinski definition) is 0.